The molecule has 0 spiro atoms. The Morgan fingerprint density at radius 2 is 1.95 bits per heavy atom. The third-order valence-electron chi connectivity index (χ3n) is 3.94. The molecule has 0 N–H and O–H groups in total. The molecule has 0 bridgehead atoms. The Hall–Kier alpha value is -1.20. The van der Waals surface area contributed by atoms with E-state index >= 15 is 0 Å². The molecule has 0 aliphatic carbocycles. The monoisotopic (exact) mass is 296 g/mol. The fourth-order valence-corrected chi connectivity index (χ4v) is 2.76. The first-order valence-corrected chi connectivity index (χ1v) is 7.43. The molecule has 110 valence electrons. The van der Waals surface area contributed by atoms with Crippen molar-refractivity contribution in [3.63, 3.8) is 0 Å². The van der Waals surface area contributed by atoms with E-state index < -0.39 is 0 Å². The van der Waals surface area contributed by atoms with Gasteiger partial charge in [-0.3, -0.25) is 9.69 Å². The smallest absolute Gasteiger partial charge is 0.156 e. The van der Waals surface area contributed by atoms with Crippen molar-refractivity contribution in [3.8, 4) is 0 Å². The fourth-order valence-electron chi connectivity index (χ4n) is 2.51. The predicted molar refractivity (Wildman–Crippen MR) is 80.7 cm³/mol. The van der Waals surface area contributed by atoms with Crippen molar-refractivity contribution in [2.75, 3.05) is 31.1 Å². The zero-order valence-corrected chi connectivity index (χ0v) is 13.0. The average molecular weight is 297 g/mol. The molecule has 2 rings (SSSR count). The van der Waals surface area contributed by atoms with E-state index in [9.17, 15) is 4.79 Å². The quantitative estimate of drug-likeness (QED) is 0.629. The number of aryl methyl sites for hydroxylation is 1. The van der Waals surface area contributed by atoms with Gasteiger partial charge < -0.3 is 4.90 Å². The molecular formula is C14H21ClN4O. The molecular weight excluding hydrogens is 276 g/mol. The summed E-state index contributed by atoms with van der Waals surface area (Å²) < 4.78 is 0. The topological polar surface area (TPSA) is 49.3 Å². The van der Waals surface area contributed by atoms with Gasteiger partial charge in [-0.15, -0.1) is 0 Å². The van der Waals surface area contributed by atoms with Crippen LogP contribution in [-0.4, -0.2) is 53.4 Å². The minimum atomic E-state index is 0.242. The summed E-state index contributed by atoms with van der Waals surface area (Å²) in [6, 6.07) is 0.596. The lowest BCUT2D eigenvalue weighted by Gasteiger charge is -2.38. The number of nitrogens with zero attached hydrogens (tertiary/aromatic N) is 4. The van der Waals surface area contributed by atoms with Gasteiger partial charge in [0.2, 0.25) is 0 Å². The maximum atomic E-state index is 11.2. The molecule has 0 aromatic carbocycles. The lowest BCUT2D eigenvalue weighted by molar-refractivity contribution is 0.112. The number of anilines is 1. The number of hydrogen-bond acceptors (Lipinski definition) is 5. The Kier molecular flexibility index (Phi) is 4.94. The third-order valence-corrected chi connectivity index (χ3v) is 4.22. The minimum Gasteiger partial charge on any atom is -0.353 e. The van der Waals surface area contributed by atoms with Crippen molar-refractivity contribution < 1.29 is 4.79 Å². The van der Waals surface area contributed by atoms with Crippen LogP contribution in [0.15, 0.2) is 0 Å². The van der Waals surface area contributed by atoms with Gasteiger partial charge in [0.05, 0.1) is 5.56 Å². The third kappa shape index (κ3) is 3.10. The van der Waals surface area contributed by atoms with Crippen LogP contribution in [-0.2, 0) is 0 Å². The maximum absolute atomic E-state index is 11.2. The summed E-state index contributed by atoms with van der Waals surface area (Å²) in [5.41, 5.74) is 0.397. The SMILES string of the molecule is CCC(C)N1CCN(c2nc(C)nc(Cl)c2C=O)CC1. The molecule has 1 aliphatic rings. The zero-order valence-electron chi connectivity index (χ0n) is 12.3. The van der Waals surface area contributed by atoms with E-state index in [1.807, 2.05) is 0 Å². The van der Waals surface area contributed by atoms with E-state index in [1.165, 1.54) is 0 Å². The van der Waals surface area contributed by atoms with Gasteiger partial charge in [-0.25, -0.2) is 9.97 Å². The van der Waals surface area contributed by atoms with Crippen LogP contribution >= 0.6 is 11.6 Å². The second-order valence-electron chi connectivity index (χ2n) is 5.20. The number of rotatable bonds is 4. The van der Waals surface area contributed by atoms with Crippen molar-refractivity contribution in [2.24, 2.45) is 0 Å². The highest BCUT2D eigenvalue weighted by atomic mass is 35.5. The van der Waals surface area contributed by atoms with Gasteiger partial charge >= 0.3 is 0 Å². The van der Waals surface area contributed by atoms with E-state index in [1.54, 1.807) is 6.92 Å². The van der Waals surface area contributed by atoms with Gasteiger partial charge in [-0.05, 0) is 20.3 Å². The molecule has 0 radical (unpaired) electrons. The van der Waals surface area contributed by atoms with Crippen molar-refractivity contribution in [1.82, 2.24) is 14.9 Å². The van der Waals surface area contributed by atoms with Crippen LogP contribution in [0.5, 0.6) is 0 Å². The molecule has 1 saturated heterocycles. The van der Waals surface area contributed by atoms with Gasteiger partial charge in [0, 0.05) is 32.2 Å². The molecule has 1 fully saturated rings. The van der Waals surface area contributed by atoms with E-state index in [2.05, 4.69) is 33.6 Å². The summed E-state index contributed by atoms with van der Waals surface area (Å²) in [5, 5.41) is 0.242. The summed E-state index contributed by atoms with van der Waals surface area (Å²) in [4.78, 5) is 24.3. The van der Waals surface area contributed by atoms with Gasteiger partial charge in [0.25, 0.3) is 0 Å². The molecule has 20 heavy (non-hydrogen) atoms. The van der Waals surface area contributed by atoms with Gasteiger partial charge in [-0.2, -0.15) is 0 Å². The van der Waals surface area contributed by atoms with E-state index in [0.29, 0.717) is 23.2 Å². The zero-order chi connectivity index (χ0) is 14.7. The number of piperazine rings is 1. The Bertz CT molecular complexity index is 486. The molecule has 6 heteroatoms. The standard InChI is InChI=1S/C14H21ClN4O/c1-4-10(2)18-5-7-19(8-6-18)14-12(9-20)13(15)16-11(3)17-14/h9-10H,4-8H2,1-3H3. The molecule has 1 aliphatic heterocycles. The van der Waals surface area contributed by atoms with Crippen LogP contribution in [0.25, 0.3) is 0 Å². The Labute approximate surface area is 124 Å². The van der Waals surface area contributed by atoms with Crippen LogP contribution in [0.1, 0.15) is 36.5 Å². The number of carbonyl (C=O) groups excluding carboxylic acids is 1. The van der Waals surface area contributed by atoms with Crippen LogP contribution in [0, 0.1) is 6.92 Å². The summed E-state index contributed by atoms with van der Waals surface area (Å²) in [6.45, 7) is 9.92. The molecule has 1 aromatic rings. The molecule has 2 heterocycles. The van der Waals surface area contributed by atoms with E-state index in [-0.39, 0.29) is 5.15 Å². The molecule has 1 aromatic heterocycles. The minimum absolute atomic E-state index is 0.242. The number of aldehydes is 1. The van der Waals surface area contributed by atoms with Crippen LogP contribution < -0.4 is 4.90 Å². The lowest BCUT2D eigenvalue weighted by Crippen LogP contribution is -2.50. The van der Waals surface area contributed by atoms with E-state index in [0.717, 1.165) is 38.9 Å². The summed E-state index contributed by atoms with van der Waals surface area (Å²) in [6.07, 6.45) is 1.90. The molecule has 0 saturated carbocycles. The van der Waals surface area contributed by atoms with Gasteiger partial charge in [-0.1, -0.05) is 18.5 Å². The second-order valence-corrected chi connectivity index (χ2v) is 5.56. The van der Waals surface area contributed by atoms with Crippen LogP contribution in [0.4, 0.5) is 5.82 Å². The van der Waals surface area contributed by atoms with Crippen molar-refractivity contribution in [2.45, 2.75) is 33.2 Å². The number of carbonyl (C=O) groups is 1. The first kappa shape index (κ1) is 15.2. The fraction of sp³-hybridized carbons (Fsp3) is 0.643. The van der Waals surface area contributed by atoms with Crippen LogP contribution in [0.2, 0.25) is 5.15 Å². The second kappa shape index (κ2) is 6.50. The van der Waals surface area contributed by atoms with Crippen LogP contribution in [0.3, 0.4) is 0 Å². The first-order valence-electron chi connectivity index (χ1n) is 7.05. The molecule has 1 atom stereocenters. The summed E-state index contributed by atoms with van der Waals surface area (Å²) >= 11 is 6.04. The number of halogens is 1. The number of aromatic nitrogens is 2. The molecule has 0 amide bonds. The molecule has 1 unspecified atom stereocenters. The Morgan fingerprint density at radius 3 is 2.50 bits per heavy atom. The highest BCUT2D eigenvalue weighted by Crippen LogP contribution is 2.24. The summed E-state index contributed by atoms with van der Waals surface area (Å²) in [7, 11) is 0. The average Bonchev–Trinajstić information content (AvgIpc) is 2.46. The Morgan fingerprint density at radius 1 is 1.30 bits per heavy atom. The molecule has 5 nitrogen and oxygen atoms in total. The largest absolute Gasteiger partial charge is 0.353 e. The van der Waals surface area contributed by atoms with Gasteiger partial charge in [0.15, 0.2) is 6.29 Å². The summed E-state index contributed by atoms with van der Waals surface area (Å²) in [5.74, 6) is 1.27. The number of hydrogen-bond donors (Lipinski definition) is 0. The van der Waals surface area contributed by atoms with E-state index in [4.69, 9.17) is 11.6 Å². The predicted octanol–water partition coefficient (Wildman–Crippen LogP) is 2.17. The normalized spacial score (nSPS) is 18.1. The highest BCUT2D eigenvalue weighted by Gasteiger charge is 2.24. The highest BCUT2D eigenvalue weighted by molar-refractivity contribution is 6.32. The van der Waals surface area contributed by atoms with Crippen molar-refractivity contribution in [3.05, 3.63) is 16.5 Å². The lowest BCUT2D eigenvalue weighted by atomic mass is 10.2. The van der Waals surface area contributed by atoms with Crippen molar-refractivity contribution in [1.29, 1.82) is 0 Å². The first-order chi connectivity index (χ1) is 9.56. The Balaban J connectivity index is 2.16. The van der Waals surface area contributed by atoms with Crippen molar-refractivity contribution >= 4 is 23.7 Å². The van der Waals surface area contributed by atoms with Gasteiger partial charge in [0.1, 0.15) is 16.8 Å². The maximum Gasteiger partial charge on any atom is 0.156 e.